The molecule has 0 unspecified atom stereocenters. The Labute approximate surface area is 140 Å². The lowest BCUT2D eigenvalue weighted by molar-refractivity contribution is 0.415. The molecular weight excluding hydrogens is 334 g/mol. The average Bonchev–Trinajstić information content (AvgIpc) is 2.93. The van der Waals surface area contributed by atoms with Crippen molar-refractivity contribution >= 4 is 32.5 Å². The number of nitrogens with zero attached hydrogens (tertiary/aromatic N) is 1. The fourth-order valence-electron chi connectivity index (χ4n) is 2.50. The van der Waals surface area contributed by atoms with E-state index in [2.05, 4.69) is 0 Å². The number of fused-ring (bicyclic) bond motifs is 1. The number of hydrogen-bond acceptors (Lipinski definition) is 3. The summed E-state index contributed by atoms with van der Waals surface area (Å²) in [6.45, 7) is 1.92. The Morgan fingerprint density at radius 1 is 1.13 bits per heavy atom. The van der Waals surface area contributed by atoms with Gasteiger partial charge in [-0.2, -0.15) is 0 Å². The molecule has 3 rings (SSSR count). The van der Waals surface area contributed by atoms with Gasteiger partial charge in [0.1, 0.15) is 5.75 Å². The summed E-state index contributed by atoms with van der Waals surface area (Å²) in [5, 5.41) is 0.773. The van der Waals surface area contributed by atoms with E-state index in [4.69, 9.17) is 16.3 Å². The van der Waals surface area contributed by atoms with E-state index in [1.165, 1.54) is 3.97 Å². The topological polar surface area (TPSA) is 48.3 Å². The van der Waals surface area contributed by atoms with Crippen LogP contribution >= 0.6 is 11.6 Å². The van der Waals surface area contributed by atoms with Crippen molar-refractivity contribution in [3.63, 3.8) is 0 Å². The van der Waals surface area contributed by atoms with Crippen LogP contribution in [0.1, 0.15) is 11.1 Å². The number of halogens is 1. The lowest BCUT2D eigenvalue weighted by Gasteiger charge is -2.08. The van der Waals surface area contributed by atoms with Gasteiger partial charge in [-0.3, -0.25) is 0 Å². The highest BCUT2D eigenvalue weighted by molar-refractivity contribution is 7.90. The molecule has 0 N–H and O–H groups in total. The van der Waals surface area contributed by atoms with Crippen molar-refractivity contribution in [1.29, 1.82) is 0 Å². The molecule has 0 spiro atoms. The smallest absolute Gasteiger partial charge is 0.268 e. The zero-order valence-electron chi connectivity index (χ0n) is 12.8. The molecule has 0 bridgehead atoms. The minimum Gasteiger partial charge on any atom is -0.497 e. The molecule has 23 heavy (non-hydrogen) atoms. The lowest BCUT2D eigenvalue weighted by atomic mass is 10.2. The van der Waals surface area contributed by atoms with Gasteiger partial charge in [0, 0.05) is 17.5 Å². The maximum atomic E-state index is 12.9. The largest absolute Gasteiger partial charge is 0.497 e. The molecule has 0 amide bonds. The van der Waals surface area contributed by atoms with Gasteiger partial charge in [0.25, 0.3) is 10.0 Å². The van der Waals surface area contributed by atoms with Crippen LogP contribution in [-0.2, 0) is 15.9 Å². The fraction of sp³-hybridized carbons (Fsp3) is 0.176. The third kappa shape index (κ3) is 2.71. The van der Waals surface area contributed by atoms with E-state index >= 15 is 0 Å². The Bertz CT molecular complexity index is 959. The summed E-state index contributed by atoms with van der Waals surface area (Å²) in [5.74, 6) is 0.884. The van der Waals surface area contributed by atoms with Crippen molar-refractivity contribution in [2.75, 3.05) is 7.11 Å². The molecule has 4 nitrogen and oxygen atoms in total. The molecule has 0 fully saturated rings. The van der Waals surface area contributed by atoms with E-state index in [0.717, 1.165) is 16.5 Å². The van der Waals surface area contributed by atoms with Crippen LogP contribution in [0.15, 0.2) is 53.6 Å². The molecule has 0 radical (unpaired) electrons. The quantitative estimate of drug-likeness (QED) is 0.670. The molecule has 3 aromatic rings. The molecule has 0 aliphatic heterocycles. The summed E-state index contributed by atoms with van der Waals surface area (Å²) in [6, 6.07) is 12.1. The number of benzene rings is 2. The van der Waals surface area contributed by atoms with Crippen LogP contribution in [0.3, 0.4) is 0 Å². The van der Waals surface area contributed by atoms with Crippen LogP contribution in [0.5, 0.6) is 5.75 Å². The summed E-state index contributed by atoms with van der Waals surface area (Å²) in [6.07, 6.45) is 1.58. The average molecular weight is 350 g/mol. The second kappa shape index (κ2) is 5.91. The number of methoxy groups -OCH3 is 1. The van der Waals surface area contributed by atoms with Crippen molar-refractivity contribution in [3.05, 3.63) is 59.8 Å². The van der Waals surface area contributed by atoms with Gasteiger partial charge >= 0.3 is 0 Å². The Morgan fingerprint density at radius 2 is 1.83 bits per heavy atom. The van der Waals surface area contributed by atoms with Crippen LogP contribution in [0, 0.1) is 6.92 Å². The standard InChI is InChI=1S/C17H16ClNO3S/c1-12-3-6-15(7-4-12)23(20,21)19-11-13(10-18)16-9-14(22-2)5-8-17(16)19/h3-9,11H,10H2,1-2H3. The van der Waals surface area contributed by atoms with E-state index in [-0.39, 0.29) is 10.8 Å². The third-order valence-corrected chi connectivity index (χ3v) is 5.76. The second-order valence-corrected chi connectivity index (χ2v) is 7.37. The van der Waals surface area contributed by atoms with Crippen molar-refractivity contribution < 1.29 is 13.2 Å². The summed E-state index contributed by atoms with van der Waals surface area (Å²) in [7, 11) is -2.10. The van der Waals surface area contributed by atoms with Crippen LogP contribution in [-0.4, -0.2) is 19.5 Å². The van der Waals surface area contributed by atoms with E-state index < -0.39 is 10.0 Å². The van der Waals surface area contributed by atoms with E-state index in [1.807, 2.05) is 6.92 Å². The number of aromatic nitrogens is 1. The van der Waals surface area contributed by atoms with E-state index in [9.17, 15) is 8.42 Å². The van der Waals surface area contributed by atoms with Crippen molar-refractivity contribution in [2.24, 2.45) is 0 Å². The zero-order chi connectivity index (χ0) is 16.6. The van der Waals surface area contributed by atoms with Gasteiger partial charge in [-0.25, -0.2) is 12.4 Å². The molecule has 0 atom stereocenters. The first-order valence-corrected chi connectivity index (χ1v) is 9.01. The van der Waals surface area contributed by atoms with Crippen molar-refractivity contribution in [1.82, 2.24) is 3.97 Å². The normalized spacial score (nSPS) is 11.8. The first kappa shape index (κ1) is 15.9. The maximum Gasteiger partial charge on any atom is 0.268 e. The van der Waals surface area contributed by atoms with Gasteiger partial charge in [-0.1, -0.05) is 17.7 Å². The Morgan fingerprint density at radius 3 is 2.43 bits per heavy atom. The number of ether oxygens (including phenoxy) is 1. The summed E-state index contributed by atoms with van der Waals surface area (Å²) < 4.78 is 32.4. The zero-order valence-corrected chi connectivity index (χ0v) is 14.4. The highest BCUT2D eigenvalue weighted by Gasteiger charge is 2.21. The number of hydrogen-bond donors (Lipinski definition) is 0. The first-order chi connectivity index (χ1) is 11.0. The molecule has 0 saturated carbocycles. The molecule has 2 aromatic carbocycles. The van der Waals surface area contributed by atoms with Gasteiger partial charge in [0.05, 0.1) is 17.5 Å². The summed E-state index contributed by atoms with van der Waals surface area (Å²) in [4.78, 5) is 0.247. The van der Waals surface area contributed by atoms with Gasteiger partial charge < -0.3 is 4.74 Å². The predicted molar refractivity (Wildman–Crippen MR) is 91.8 cm³/mol. The molecule has 1 heterocycles. The Balaban J connectivity index is 2.25. The highest BCUT2D eigenvalue weighted by atomic mass is 35.5. The second-order valence-electron chi connectivity index (χ2n) is 5.28. The summed E-state index contributed by atoms with van der Waals surface area (Å²) >= 11 is 5.98. The van der Waals surface area contributed by atoms with Gasteiger partial charge in [0.2, 0.25) is 0 Å². The molecule has 6 heteroatoms. The molecular formula is C17H16ClNO3S. The minimum atomic E-state index is -3.67. The van der Waals surface area contributed by atoms with Crippen LogP contribution in [0.4, 0.5) is 0 Å². The molecule has 0 aliphatic rings. The summed E-state index contributed by atoms with van der Waals surface area (Å²) in [5.41, 5.74) is 2.34. The van der Waals surface area contributed by atoms with Crippen molar-refractivity contribution in [2.45, 2.75) is 17.7 Å². The van der Waals surface area contributed by atoms with Gasteiger partial charge in [0.15, 0.2) is 0 Å². The minimum absolute atomic E-state index is 0.222. The van der Waals surface area contributed by atoms with Gasteiger partial charge in [-0.15, -0.1) is 11.6 Å². The predicted octanol–water partition coefficient (Wildman–Crippen LogP) is 3.93. The van der Waals surface area contributed by atoms with Crippen molar-refractivity contribution in [3.8, 4) is 5.75 Å². The van der Waals surface area contributed by atoms with E-state index in [1.54, 1.807) is 55.8 Å². The third-order valence-electron chi connectivity index (χ3n) is 3.78. The fourth-order valence-corrected chi connectivity index (χ4v) is 4.11. The maximum absolute atomic E-state index is 12.9. The van der Waals surface area contributed by atoms with E-state index in [0.29, 0.717) is 11.3 Å². The molecule has 0 saturated heterocycles. The molecule has 0 aliphatic carbocycles. The first-order valence-electron chi connectivity index (χ1n) is 7.03. The lowest BCUT2D eigenvalue weighted by Crippen LogP contribution is -2.11. The Kier molecular flexibility index (Phi) is 4.08. The van der Waals surface area contributed by atoms with Crippen LogP contribution in [0.25, 0.3) is 10.9 Å². The SMILES string of the molecule is COc1ccc2c(c1)c(CCl)cn2S(=O)(=O)c1ccc(C)cc1. The molecule has 120 valence electrons. The molecule has 1 aromatic heterocycles. The number of aryl methyl sites for hydroxylation is 1. The van der Waals surface area contributed by atoms with Gasteiger partial charge in [-0.05, 0) is 42.8 Å². The Hall–Kier alpha value is -1.98. The monoisotopic (exact) mass is 349 g/mol. The highest BCUT2D eigenvalue weighted by Crippen LogP contribution is 2.30. The van der Waals surface area contributed by atoms with Crippen LogP contribution < -0.4 is 4.74 Å². The number of alkyl halides is 1. The van der Waals surface area contributed by atoms with Crippen LogP contribution in [0.2, 0.25) is 0 Å². The number of rotatable bonds is 4.